The number of hydrogen-bond acceptors (Lipinski definition) is 4. The quantitative estimate of drug-likeness (QED) is 0.848. The van der Waals surface area contributed by atoms with Crippen LogP contribution in [0.25, 0.3) is 0 Å². The highest BCUT2D eigenvalue weighted by molar-refractivity contribution is 7.89. The Morgan fingerprint density at radius 2 is 1.96 bits per heavy atom. The molecule has 2 aliphatic rings. The van der Waals surface area contributed by atoms with Gasteiger partial charge in [-0.3, -0.25) is 4.79 Å². The van der Waals surface area contributed by atoms with Gasteiger partial charge < -0.3 is 10.6 Å². The monoisotopic (exact) mass is 337 g/mol. The van der Waals surface area contributed by atoms with Crippen molar-refractivity contribution in [2.45, 2.75) is 42.7 Å². The summed E-state index contributed by atoms with van der Waals surface area (Å²) in [6.45, 7) is 2.13. The molecule has 1 aromatic rings. The maximum Gasteiger partial charge on any atom is 0.243 e. The van der Waals surface area contributed by atoms with Crippen molar-refractivity contribution in [3.8, 4) is 0 Å². The van der Waals surface area contributed by atoms with Crippen LogP contribution < -0.4 is 10.6 Å². The predicted octanol–water partition coefficient (Wildman–Crippen LogP) is 0.708. The number of benzene rings is 1. The Balaban J connectivity index is 1.73. The lowest BCUT2D eigenvalue weighted by Crippen LogP contribution is -2.52. The van der Waals surface area contributed by atoms with Gasteiger partial charge in [-0.15, -0.1) is 0 Å². The van der Waals surface area contributed by atoms with Gasteiger partial charge in [-0.25, -0.2) is 8.42 Å². The van der Waals surface area contributed by atoms with Crippen molar-refractivity contribution in [3.05, 3.63) is 30.3 Å². The highest BCUT2D eigenvalue weighted by Gasteiger charge is 2.39. The fourth-order valence-corrected chi connectivity index (χ4v) is 4.97. The molecule has 2 aliphatic heterocycles. The van der Waals surface area contributed by atoms with E-state index >= 15 is 0 Å². The molecular formula is C16H23N3O3S. The first-order valence-electron chi connectivity index (χ1n) is 8.17. The van der Waals surface area contributed by atoms with E-state index in [1.165, 1.54) is 4.31 Å². The van der Waals surface area contributed by atoms with E-state index in [0.717, 1.165) is 25.9 Å². The molecule has 1 amide bonds. The van der Waals surface area contributed by atoms with Crippen LogP contribution >= 0.6 is 0 Å². The summed E-state index contributed by atoms with van der Waals surface area (Å²) in [6, 6.07) is 7.84. The second-order valence-corrected chi connectivity index (χ2v) is 8.03. The lowest BCUT2D eigenvalue weighted by Gasteiger charge is -2.28. The van der Waals surface area contributed by atoms with Crippen LogP contribution in [0.3, 0.4) is 0 Å². The van der Waals surface area contributed by atoms with Crippen molar-refractivity contribution >= 4 is 15.9 Å². The fraction of sp³-hybridized carbons (Fsp3) is 0.562. The lowest BCUT2D eigenvalue weighted by atomic mass is 10.1. The number of piperidine rings is 1. The molecule has 0 spiro atoms. The number of carbonyl (C=O) groups excluding carboxylic acids is 1. The third-order valence-corrected chi connectivity index (χ3v) is 6.42. The normalized spacial score (nSPS) is 26.1. The minimum atomic E-state index is -3.62. The third-order valence-electron chi connectivity index (χ3n) is 4.50. The molecule has 126 valence electrons. The van der Waals surface area contributed by atoms with Gasteiger partial charge in [-0.2, -0.15) is 4.31 Å². The van der Waals surface area contributed by atoms with Crippen molar-refractivity contribution in [2.75, 3.05) is 19.6 Å². The van der Waals surface area contributed by atoms with E-state index in [1.54, 1.807) is 30.3 Å². The number of carbonyl (C=O) groups is 1. The molecule has 1 aromatic carbocycles. The Morgan fingerprint density at radius 1 is 1.17 bits per heavy atom. The summed E-state index contributed by atoms with van der Waals surface area (Å²) in [5.41, 5.74) is 0. The van der Waals surface area contributed by atoms with Crippen molar-refractivity contribution in [1.29, 1.82) is 0 Å². The molecule has 2 fully saturated rings. The molecule has 0 bridgehead atoms. The van der Waals surface area contributed by atoms with Crippen LogP contribution in [-0.2, 0) is 14.8 Å². The van der Waals surface area contributed by atoms with Gasteiger partial charge in [0.25, 0.3) is 0 Å². The van der Waals surface area contributed by atoms with Crippen LogP contribution in [-0.4, -0.2) is 50.3 Å². The Labute approximate surface area is 137 Å². The van der Waals surface area contributed by atoms with Gasteiger partial charge in [0.1, 0.15) is 6.04 Å². The molecule has 0 saturated carbocycles. The van der Waals surface area contributed by atoms with Crippen molar-refractivity contribution in [2.24, 2.45) is 0 Å². The molecule has 2 heterocycles. The molecule has 2 N–H and O–H groups in total. The SMILES string of the molecule is O=C(N[C@H]1CCCNC1)C1CCCN1S(=O)(=O)c1ccccc1. The van der Waals surface area contributed by atoms with E-state index in [0.29, 0.717) is 19.4 Å². The van der Waals surface area contributed by atoms with Gasteiger partial charge in [0.15, 0.2) is 0 Å². The summed E-state index contributed by atoms with van der Waals surface area (Å²) < 4.78 is 26.9. The molecule has 0 aliphatic carbocycles. The predicted molar refractivity (Wildman–Crippen MR) is 87.4 cm³/mol. The lowest BCUT2D eigenvalue weighted by molar-refractivity contribution is -0.125. The van der Waals surface area contributed by atoms with Crippen LogP contribution in [0.4, 0.5) is 0 Å². The number of hydrogen-bond donors (Lipinski definition) is 2. The standard InChI is InChI=1S/C16H23N3O3S/c20-16(18-13-6-4-10-17-12-13)15-9-5-11-19(15)23(21,22)14-7-2-1-3-8-14/h1-3,7-8,13,15,17H,4-6,9-12H2,(H,18,20)/t13-,15?/m0/s1. The minimum Gasteiger partial charge on any atom is -0.351 e. The topological polar surface area (TPSA) is 78.5 Å². The first-order chi connectivity index (χ1) is 11.1. The summed E-state index contributed by atoms with van der Waals surface area (Å²) >= 11 is 0. The van der Waals surface area contributed by atoms with Crippen LogP contribution in [0.15, 0.2) is 35.2 Å². The molecule has 7 heteroatoms. The molecule has 2 saturated heterocycles. The summed E-state index contributed by atoms with van der Waals surface area (Å²) in [5.74, 6) is -0.171. The van der Waals surface area contributed by atoms with Crippen LogP contribution in [0, 0.1) is 0 Å². The molecule has 0 aromatic heterocycles. The van der Waals surface area contributed by atoms with Crippen molar-refractivity contribution < 1.29 is 13.2 Å². The Bertz CT molecular complexity index is 642. The zero-order valence-electron chi connectivity index (χ0n) is 13.1. The zero-order chi connectivity index (χ0) is 16.3. The van der Waals surface area contributed by atoms with Crippen molar-refractivity contribution in [3.63, 3.8) is 0 Å². The van der Waals surface area contributed by atoms with E-state index in [4.69, 9.17) is 0 Å². The molecule has 1 unspecified atom stereocenters. The first kappa shape index (κ1) is 16.4. The maximum absolute atomic E-state index is 12.8. The average molecular weight is 337 g/mol. The molecule has 0 radical (unpaired) electrons. The van der Waals surface area contributed by atoms with Gasteiger partial charge in [0.05, 0.1) is 4.90 Å². The molecule has 2 atom stereocenters. The number of nitrogens with one attached hydrogen (secondary N) is 2. The zero-order valence-corrected chi connectivity index (χ0v) is 13.9. The van der Waals surface area contributed by atoms with E-state index in [9.17, 15) is 13.2 Å². The fourth-order valence-electron chi connectivity index (χ4n) is 3.29. The number of rotatable bonds is 4. The molecule has 6 nitrogen and oxygen atoms in total. The number of nitrogens with zero attached hydrogens (tertiary/aromatic N) is 1. The van der Waals surface area contributed by atoms with E-state index in [-0.39, 0.29) is 16.8 Å². The molecule has 3 rings (SSSR count). The summed E-state index contributed by atoms with van der Waals surface area (Å²) in [4.78, 5) is 12.8. The van der Waals surface area contributed by atoms with E-state index in [1.807, 2.05) is 0 Å². The maximum atomic E-state index is 12.8. The van der Waals surface area contributed by atoms with E-state index < -0.39 is 16.1 Å². The highest BCUT2D eigenvalue weighted by Crippen LogP contribution is 2.26. The van der Waals surface area contributed by atoms with Gasteiger partial charge in [-0.1, -0.05) is 18.2 Å². The second kappa shape index (κ2) is 6.98. The van der Waals surface area contributed by atoms with Crippen LogP contribution in [0.5, 0.6) is 0 Å². The van der Waals surface area contributed by atoms with E-state index in [2.05, 4.69) is 10.6 Å². The largest absolute Gasteiger partial charge is 0.351 e. The first-order valence-corrected chi connectivity index (χ1v) is 9.61. The van der Waals surface area contributed by atoms with Gasteiger partial charge in [0.2, 0.25) is 15.9 Å². The summed E-state index contributed by atoms with van der Waals surface area (Å²) in [6.07, 6.45) is 3.27. The summed E-state index contributed by atoms with van der Waals surface area (Å²) in [5, 5.41) is 6.26. The van der Waals surface area contributed by atoms with Crippen molar-refractivity contribution in [1.82, 2.24) is 14.9 Å². The molecular weight excluding hydrogens is 314 g/mol. The van der Waals surface area contributed by atoms with Gasteiger partial charge >= 0.3 is 0 Å². The number of amides is 1. The second-order valence-electron chi connectivity index (χ2n) is 6.14. The highest BCUT2D eigenvalue weighted by atomic mass is 32.2. The average Bonchev–Trinajstić information content (AvgIpc) is 3.07. The Hall–Kier alpha value is -1.44. The van der Waals surface area contributed by atoms with Gasteiger partial charge in [-0.05, 0) is 44.4 Å². The van der Waals surface area contributed by atoms with Crippen LogP contribution in [0.1, 0.15) is 25.7 Å². The minimum absolute atomic E-state index is 0.0955. The Morgan fingerprint density at radius 3 is 2.65 bits per heavy atom. The van der Waals surface area contributed by atoms with Crippen LogP contribution in [0.2, 0.25) is 0 Å². The summed E-state index contributed by atoms with van der Waals surface area (Å²) in [7, 11) is -3.62. The van der Waals surface area contributed by atoms with Gasteiger partial charge in [0, 0.05) is 19.1 Å². The Kier molecular flexibility index (Phi) is 4.99. The molecule has 23 heavy (non-hydrogen) atoms. The number of sulfonamides is 1. The smallest absolute Gasteiger partial charge is 0.243 e. The third kappa shape index (κ3) is 3.57.